The second-order valence-electron chi connectivity index (χ2n) is 6.45. The molecule has 2 unspecified atom stereocenters. The summed E-state index contributed by atoms with van der Waals surface area (Å²) in [7, 11) is 0. The molecule has 1 aromatic rings. The van der Waals surface area contributed by atoms with Crippen molar-refractivity contribution in [2.24, 2.45) is 11.8 Å². The molecular formula is C17H25N. The van der Waals surface area contributed by atoms with Crippen LogP contribution in [0.15, 0.2) is 24.3 Å². The Morgan fingerprint density at radius 3 is 2.28 bits per heavy atom. The van der Waals surface area contributed by atoms with Gasteiger partial charge in [-0.1, -0.05) is 38.1 Å². The molecule has 1 saturated heterocycles. The van der Waals surface area contributed by atoms with E-state index in [-0.39, 0.29) is 0 Å². The first-order valence-corrected chi connectivity index (χ1v) is 7.56. The van der Waals surface area contributed by atoms with Gasteiger partial charge in [0.15, 0.2) is 0 Å². The third-order valence-corrected chi connectivity index (χ3v) is 4.80. The van der Waals surface area contributed by atoms with Crippen LogP contribution in [0.4, 0.5) is 0 Å². The molecule has 2 aliphatic rings. The molecule has 1 N–H and O–H groups in total. The summed E-state index contributed by atoms with van der Waals surface area (Å²) in [4.78, 5) is 0. The van der Waals surface area contributed by atoms with Gasteiger partial charge in [0.1, 0.15) is 0 Å². The lowest BCUT2D eigenvalue weighted by Crippen LogP contribution is -2.38. The molecule has 1 aromatic carbocycles. The predicted octanol–water partition coefficient (Wildman–Crippen LogP) is 3.91. The van der Waals surface area contributed by atoms with E-state index in [1.165, 1.54) is 32.4 Å². The Hall–Kier alpha value is -0.820. The molecule has 1 aliphatic carbocycles. The van der Waals surface area contributed by atoms with Gasteiger partial charge in [0.25, 0.3) is 0 Å². The van der Waals surface area contributed by atoms with Crippen LogP contribution in [0.2, 0.25) is 0 Å². The molecule has 1 heteroatoms. The zero-order valence-corrected chi connectivity index (χ0v) is 11.7. The van der Waals surface area contributed by atoms with E-state index in [1.54, 1.807) is 11.1 Å². The summed E-state index contributed by atoms with van der Waals surface area (Å²) < 4.78 is 0. The maximum Gasteiger partial charge on any atom is -0.00122 e. The van der Waals surface area contributed by atoms with E-state index in [1.807, 2.05) is 0 Å². The molecular weight excluding hydrogens is 218 g/mol. The van der Waals surface area contributed by atoms with Gasteiger partial charge in [0, 0.05) is 0 Å². The molecule has 1 heterocycles. The molecule has 18 heavy (non-hydrogen) atoms. The van der Waals surface area contributed by atoms with Gasteiger partial charge in [-0.15, -0.1) is 0 Å². The lowest BCUT2D eigenvalue weighted by atomic mass is 9.75. The summed E-state index contributed by atoms with van der Waals surface area (Å²) in [6.45, 7) is 7.09. The monoisotopic (exact) mass is 243 g/mol. The topological polar surface area (TPSA) is 12.0 Å². The summed E-state index contributed by atoms with van der Waals surface area (Å²) in [6.07, 6.45) is 4.11. The first kappa shape index (κ1) is 12.2. The SMILES string of the molecule is CC(C)C1CNCCC1c1ccc(C2CC2)cc1. The molecule has 1 aliphatic heterocycles. The summed E-state index contributed by atoms with van der Waals surface area (Å²) in [5, 5.41) is 3.56. The predicted molar refractivity (Wildman–Crippen MR) is 77.0 cm³/mol. The van der Waals surface area contributed by atoms with Gasteiger partial charge in [-0.05, 0) is 67.2 Å². The van der Waals surface area contributed by atoms with E-state index in [2.05, 4.69) is 43.4 Å². The van der Waals surface area contributed by atoms with Gasteiger partial charge in [0.2, 0.25) is 0 Å². The minimum absolute atomic E-state index is 0.763. The average molecular weight is 243 g/mol. The number of rotatable bonds is 3. The summed E-state index contributed by atoms with van der Waals surface area (Å²) in [5.74, 6) is 3.21. The van der Waals surface area contributed by atoms with Crippen LogP contribution in [0.5, 0.6) is 0 Å². The largest absolute Gasteiger partial charge is 0.316 e. The number of piperidine rings is 1. The lowest BCUT2D eigenvalue weighted by molar-refractivity contribution is 0.255. The molecule has 2 fully saturated rings. The van der Waals surface area contributed by atoms with Gasteiger partial charge in [-0.3, -0.25) is 0 Å². The highest BCUT2D eigenvalue weighted by Gasteiger charge is 2.29. The van der Waals surface area contributed by atoms with Gasteiger partial charge in [0.05, 0.1) is 0 Å². The minimum Gasteiger partial charge on any atom is -0.316 e. The van der Waals surface area contributed by atoms with Crippen molar-refractivity contribution in [2.75, 3.05) is 13.1 Å². The van der Waals surface area contributed by atoms with Crippen molar-refractivity contribution >= 4 is 0 Å². The Bertz CT molecular complexity index is 389. The Morgan fingerprint density at radius 1 is 1.00 bits per heavy atom. The van der Waals surface area contributed by atoms with Crippen LogP contribution in [0, 0.1) is 11.8 Å². The van der Waals surface area contributed by atoms with E-state index >= 15 is 0 Å². The van der Waals surface area contributed by atoms with E-state index in [9.17, 15) is 0 Å². The second kappa shape index (κ2) is 5.05. The highest BCUT2D eigenvalue weighted by atomic mass is 14.9. The quantitative estimate of drug-likeness (QED) is 0.848. The molecule has 0 spiro atoms. The van der Waals surface area contributed by atoms with Crippen molar-refractivity contribution in [3.05, 3.63) is 35.4 Å². The van der Waals surface area contributed by atoms with Crippen molar-refractivity contribution < 1.29 is 0 Å². The Balaban J connectivity index is 1.78. The lowest BCUT2D eigenvalue weighted by Gasteiger charge is -2.35. The highest BCUT2D eigenvalue weighted by molar-refractivity contribution is 5.30. The highest BCUT2D eigenvalue weighted by Crippen LogP contribution is 2.41. The van der Waals surface area contributed by atoms with Crippen LogP contribution in [0.25, 0.3) is 0 Å². The zero-order chi connectivity index (χ0) is 12.5. The maximum atomic E-state index is 3.56. The van der Waals surface area contributed by atoms with Gasteiger partial charge in [-0.2, -0.15) is 0 Å². The second-order valence-corrected chi connectivity index (χ2v) is 6.45. The number of benzene rings is 1. The average Bonchev–Trinajstić information content (AvgIpc) is 3.23. The van der Waals surface area contributed by atoms with Crippen LogP contribution in [-0.2, 0) is 0 Å². The summed E-state index contributed by atoms with van der Waals surface area (Å²) >= 11 is 0. The molecule has 1 saturated carbocycles. The van der Waals surface area contributed by atoms with Crippen LogP contribution >= 0.6 is 0 Å². The van der Waals surface area contributed by atoms with Crippen LogP contribution < -0.4 is 5.32 Å². The van der Waals surface area contributed by atoms with Crippen LogP contribution in [-0.4, -0.2) is 13.1 Å². The smallest absolute Gasteiger partial charge is 0.00122 e. The first-order chi connectivity index (χ1) is 8.75. The summed E-state index contributed by atoms with van der Waals surface area (Å²) in [5.41, 5.74) is 3.13. The van der Waals surface area contributed by atoms with Gasteiger partial charge in [-0.25, -0.2) is 0 Å². The molecule has 1 nitrogen and oxygen atoms in total. The minimum atomic E-state index is 0.763. The molecule has 3 rings (SSSR count). The molecule has 98 valence electrons. The Morgan fingerprint density at radius 2 is 1.67 bits per heavy atom. The number of hydrogen-bond acceptors (Lipinski definition) is 1. The van der Waals surface area contributed by atoms with Gasteiger partial charge >= 0.3 is 0 Å². The van der Waals surface area contributed by atoms with E-state index < -0.39 is 0 Å². The fourth-order valence-electron chi connectivity index (χ4n) is 3.43. The molecule has 0 radical (unpaired) electrons. The molecule has 0 bridgehead atoms. The van der Waals surface area contributed by atoms with Crippen LogP contribution in [0.1, 0.15) is 56.1 Å². The molecule has 0 aromatic heterocycles. The fourth-order valence-corrected chi connectivity index (χ4v) is 3.43. The van der Waals surface area contributed by atoms with Crippen LogP contribution in [0.3, 0.4) is 0 Å². The maximum absolute atomic E-state index is 3.56. The fraction of sp³-hybridized carbons (Fsp3) is 0.647. The number of hydrogen-bond donors (Lipinski definition) is 1. The van der Waals surface area contributed by atoms with Gasteiger partial charge < -0.3 is 5.32 Å². The Kier molecular flexibility index (Phi) is 3.43. The third kappa shape index (κ3) is 2.47. The van der Waals surface area contributed by atoms with Crippen molar-refractivity contribution in [2.45, 2.75) is 44.9 Å². The van der Waals surface area contributed by atoms with Crippen molar-refractivity contribution in [1.29, 1.82) is 0 Å². The van der Waals surface area contributed by atoms with Crippen molar-refractivity contribution in [1.82, 2.24) is 5.32 Å². The van der Waals surface area contributed by atoms with Crippen molar-refractivity contribution in [3.63, 3.8) is 0 Å². The standard InChI is InChI=1S/C17H25N/c1-12(2)17-11-18-10-9-16(17)15-7-5-14(6-8-15)13-3-4-13/h5-8,12-13,16-18H,3-4,9-11H2,1-2H3. The Labute approximate surface area is 111 Å². The normalized spacial score (nSPS) is 28.6. The summed E-state index contributed by atoms with van der Waals surface area (Å²) in [6, 6.07) is 9.57. The van der Waals surface area contributed by atoms with Crippen molar-refractivity contribution in [3.8, 4) is 0 Å². The molecule has 0 amide bonds. The van der Waals surface area contributed by atoms with E-state index in [0.29, 0.717) is 0 Å². The third-order valence-electron chi connectivity index (χ3n) is 4.80. The number of nitrogens with one attached hydrogen (secondary N) is 1. The van der Waals surface area contributed by atoms with E-state index in [4.69, 9.17) is 0 Å². The molecule has 2 atom stereocenters. The zero-order valence-electron chi connectivity index (χ0n) is 11.7. The van der Waals surface area contributed by atoms with E-state index in [0.717, 1.165) is 23.7 Å². The first-order valence-electron chi connectivity index (χ1n) is 7.56.